The Bertz CT molecular complexity index is 2810. The molecule has 0 saturated carbocycles. The van der Waals surface area contributed by atoms with E-state index in [0.29, 0.717) is 0 Å². The van der Waals surface area contributed by atoms with Crippen molar-refractivity contribution in [3.05, 3.63) is 170 Å². The van der Waals surface area contributed by atoms with Crippen molar-refractivity contribution in [3.8, 4) is 39.3 Å². The molecule has 3 heterocycles. The van der Waals surface area contributed by atoms with Crippen molar-refractivity contribution >= 4 is 49.4 Å². The molecular weight excluding hydrogens is 585 g/mol. The van der Waals surface area contributed by atoms with Crippen LogP contribution in [0.15, 0.2) is 170 Å². The van der Waals surface area contributed by atoms with E-state index in [9.17, 15) is 0 Å². The second kappa shape index (κ2) is 10.5. The van der Waals surface area contributed by atoms with Crippen LogP contribution in [0.25, 0.3) is 88.7 Å². The molecule has 3 aromatic heterocycles. The van der Waals surface area contributed by atoms with E-state index >= 15 is 0 Å². The van der Waals surface area contributed by atoms with Gasteiger partial charge in [0.2, 0.25) is 5.95 Å². The molecule has 7 aromatic carbocycles. The van der Waals surface area contributed by atoms with Gasteiger partial charge in [0, 0.05) is 16.2 Å². The number of fused-ring (bicyclic) bond motifs is 8. The van der Waals surface area contributed by atoms with Gasteiger partial charge < -0.3 is 0 Å². The maximum absolute atomic E-state index is 5.30. The number of rotatable bonds is 4. The number of hydrogen-bond acceptors (Lipinski definition) is 2. The van der Waals surface area contributed by atoms with Crippen LogP contribution in [0.3, 0.4) is 0 Å². The normalized spacial score (nSPS) is 11.8. The van der Waals surface area contributed by atoms with Crippen LogP contribution in [0.2, 0.25) is 0 Å². The van der Waals surface area contributed by atoms with E-state index in [1.165, 1.54) is 44.2 Å². The van der Waals surface area contributed by atoms with Gasteiger partial charge >= 0.3 is 0 Å². The first-order valence-corrected chi connectivity index (χ1v) is 16.3. The van der Waals surface area contributed by atoms with E-state index in [4.69, 9.17) is 9.97 Å². The van der Waals surface area contributed by atoms with Gasteiger partial charge in [-0.2, -0.15) is 0 Å². The van der Waals surface area contributed by atoms with Crippen LogP contribution in [0.1, 0.15) is 0 Å². The van der Waals surface area contributed by atoms with Gasteiger partial charge in [0.25, 0.3) is 0 Å². The molecule has 48 heavy (non-hydrogen) atoms. The summed E-state index contributed by atoms with van der Waals surface area (Å²) in [5.74, 6) is 0.832. The van der Waals surface area contributed by atoms with Crippen LogP contribution >= 0.6 is 0 Å². The summed E-state index contributed by atoms with van der Waals surface area (Å²) in [4.78, 5) is 10.4. The standard InChI is InChI=1S/C44H28N4/c1-2-10-29(11-3-1)30-18-20-31(21-19-30)32-22-24-33(25-23-32)34-26-27-41-37(28-34)35-12-5-8-16-40(35)47(41)44-46-38-14-6-4-13-36(38)43-45-39-15-7-9-17-42(39)48(43)44/h1-28H. The van der Waals surface area contributed by atoms with Crippen molar-refractivity contribution in [2.24, 2.45) is 0 Å². The Morgan fingerprint density at radius 2 is 0.833 bits per heavy atom. The molecule has 0 aliphatic rings. The van der Waals surface area contributed by atoms with Crippen LogP contribution in [-0.4, -0.2) is 18.9 Å². The van der Waals surface area contributed by atoms with Gasteiger partial charge in [-0.3, -0.25) is 8.97 Å². The third-order valence-electron chi connectivity index (χ3n) is 9.54. The lowest BCUT2D eigenvalue weighted by Gasteiger charge is -2.12. The van der Waals surface area contributed by atoms with E-state index in [2.05, 4.69) is 167 Å². The van der Waals surface area contributed by atoms with E-state index in [1.807, 2.05) is 12.1 Å². The van der Waals surface area contributed by atoms with Crippen molar-refractivity contribution in [3.63, 3.8) is 0 Å². The largest absolute Gasteiger partial charge is 0.279 e. The fourth-order valence-corrected chi connectivity index (χ4v) is 7.19. The molecule has 0 fully saturated rings. The highest BCUT2D eigenvalue weighted by atomic mass is 15.2. The first-order chi connectivity index (χ1) is 23.8. The van der Waals surface area contributed by atoms with Crippen LogP contribution in [0.5, 0.6) is 0 Å². The van der Waals surface area contributed by atoms with Gasteiger partial charge in [0.05, 0.1) is 27.6 Å². The Morgan fingerprint density at radius 3 is 1.54 bits per heavy atom. The maximum Gasteiger partial charge on any atom is 0.221 e. The molecule has 0 aliphatic carbocycles. The van der Waals surface area contributed by atoms with Crippen molar-refractivity contribution in [1.82, 2.24) is 18.9 Å². The topological polar surface area (TPSA) is 35.1 Å². The predicted octanol–water partition coefficient (Wildman–Crippen LogP) is 11.1. The molecule has 10 aromatic rings. The number of aromatic nitrogens is 4. The molecule has 10 rings (SSSR count). The molecular formula is C44H28N4. The second-order valence-electron chi connectivity index (χ2n) is 12.3. The molecule has 0 amide bonds. The number of nitrogens with zero attached hydrogens (tertiary/aromatic N) is 4. The number of para-hydroxylation sites is 4. The summed E-state index contributed by atoms with van der Waals surface area (Å²) in [6.07, 6.45) is 0. The summed E-state index contributed by atoms with van der Waals surface area (Å²) in [6, 6.07) is 60.2. The minimum atomic E-state index is 0.832. The molecule has 0 aliphatic heterocycles. The van der Waals surface area contributed by atoms with Crippen LogP contribution in [-0.2, 0) is 0 Å². The fourth-order valence-electron chi connectivity index (χ4n) is 7.19. The predicted molar refractivity (Wildman–Crippen MR) is 199 cm³/mol. The zero-order valence-electron chi connectivity index (χ0n) is 26.0. The molecule has 4 heteroatoms. The Kier molecular flexibility index (Phi) is 5.84. The van der Waals surface area contributed by atoms with Crippen LogP contribution in [0.4, 0.5) is 0 Å². The molecule has 0 saturated heterocycles. The summed E-state index contributed by atoms with van der Waals surface area (Å²) >= 11 is 0. The lowest BCUT2D eigenvalue weighted by atomic mass is 9.97. The number of imidazole rings is 1. The van der Waals surface area contributed by atoms with Crippen LogP contribution in [0, 0.1) is 0 Å². The molecule has 224 valence electrons. The quantitative estimate of drug-likeness (QED) is 0.198. The van der Waals surface area contributed by atoms with Crippen molar-refractivity contribution in [2.75, 3.05) is 0 Å². The zero-order chi connectivity index (χ0) is 31.6. The highest BCUT2D eigenvalue weighted by Gasteiger charge is 2.20. The summed E-state index contributed by atoms with van der Waals surface area (Å²) in [5.41, 5.74) is 13.3. The molecule has 0 atom stereocenters. The van der Waals surface area contributed by atoms with E-state index < -0.39 is 0 Å². The summed E-state index contributed by atoms with van der Waals surface area (Å²) in [7, 11) is 0. The van der Waals surface area contributed by atoms with Gasteiger partial charge in [-0.25, -0.2) is 9.97 Å². The summed E-state index contributed by atoms with van der Waals surface area (Å²) < 4.78 is 4.51. The Morgan fingerprint density at radius 1 is 0.333 bits per heavy atom. The van der Waals surface area contributed by atoms with E-state index in [-0.39, 0.29) is 0 Å². The fraction of sp³-hybridized carbons (Fsp3) is 0. The number of benzene rings is 7. The van der Waals surface area contributed by atoms with Gasteiger partial charge in [-0.05, 0) is 75.8 Å². The molecule has 4 nitrogen and oxygen atoms in total. The third-order valence-corrected chi connectivity index (χ3v) is 9.54. The molecule has 0 bridgehead atoms. The van der Waals surface area contributed by atoms with Gasteiger partial charge in [0.1, 0.15) is 5.65 Å². The average molecular weight is 613 g/mol. The van der Waals surface area contributed by atoms with E-state index in [1.54, 1.807) is 0 Å². The minimum Gasteiger partial charge on any atom is -0.279 e. The third kappa shape index (κ3) is 4.10. The Hall–Kier alpha value is -6.52. The highest BCUT2D eigenvalue weighted by Crippen LogP contribution is 2.37. The lowest BCUT2D eigenvalue weighted by molar-refractivity contribution is 0.979. The first-order valence-electron chi connectivity index (χ1n) is 16.3. The second-order valence-corrected chi connectivity index (χ2v) is 12.3. The Balaban J connectivity index is 1.11. The van der Waals surface area contributed by atoms with Crippen molar-refractivity contribution in [2.45, 2.75) is 0 Å². The van der Waals surface area contributed by atoms with Crippen LogP contribution < -0.4 is 0 Å². The van der Waals surface area contributed by atoms with Gasteiger partial charge in [-0.15, -0.1) is 0 Å². The van der Waals surface area contributed by atoms with Crippen molar-refractivity contribution in [1.29, 1.82) is 0 Å². The monoisotopic (exact) mass is 612 g/mol. The summed E-state index contributed by atoms with van der Waals surface area (Å²) in [6.45, 7) is 0. The molecule has 0 N–H and O–H groups in total. The highest BCUT2D eigenvalue weighted by molar-refractivity contribution is 6.10. The minimum absolute atomic E-state index is 0.832. The van der Waals surface area contributed by atoms with Gasteiger partial charge in [0.15, 0.2) is 0 Å². The Labute approximate surface area is 276 Å². The summed E-state index contributed by atoms with van der Waals surface area (Å²) in [5, 5.41) is 3.42. The maximum atomic E-state index is 5.30. The molecule has 0 unspecified atom stereocenters. The average Bonchev–Trinajstić information content (AvgIpc) is 3.72. The smallest absolute Gasteiger partial charge is 0.221 e. The van der Waals surface area contributed by atoms with E-state index in [0.717, 1.165) is 44.6 Å². The SMILES string of the molecule is c1ccc(-c2ccc(-c3ccc(-c4ccc5c(c4)c4ccccc4n5-c4nc5ccccc5c5nc6ccccc6n45)cc3)cc2)cc1. The number of hydrogen-bond donors (Lipinski definition) is 0. The van der Waals surface area contributed by atoms with Gasteiger partial charge in [-0.1, -0.05) is 127 Å². The first kappa shape index (κ1) is 26.7. The lowest BCUT2D eigenvalue weighted by Crippen LogP contribution is -2.06. The molecule has 0 radical (unpaired) electrons. The zero-order valence-corrected chi connectivity index (χ0v) is 26.0. The molecule has 0 spiro atoms. The van der Waals surface area contributed by atoms with Crippen molar-refractivity contribution < 1.29 is 0 Å².